The fourth-order valence-electron chi connectivity index (χ4n) is 4.37. The highest BCUT2D eigenvalue weighted by atomic mass is 32.2. The number of nitrogens with zero attached hydrogens (tertiary/aromatic N) is 2. The van der Waals surface area contributed by atoms with Crippen molar-refractivity contribution in [2.45, 2.75) is 49.5 Å². The summed E-state index contributed by atoms with van der Waals surface area (Å²) in [6.07, 6.45) is 6.16. The lowest BCUT2D eigenvalue weighted by Crippen LogP contribution is -2.40. The van der Waals surface area contributed by atoms with E-state index in [-0.39, 0.29) is 17.6 Å². The minimum absolute atomic E-state index is 0.0867. The third kappa shape index (κ3) is 5.39. The predicted molar refractivity (Wildman–Crippen MR) is 116 cm³/mol. The van der Waals surface area contributed by atoms with E-state index in [0.717, 1.165) is 50.9 Å². The van der Waals surface area contributed by atoms with Crippen LogP contribution in [-0.4, -0.2) is 77.4 Å². The second-order valence-electron chi connectivity index (χ2n) is 8.33. The average molecular weight is 453 g/mol. The van der Waals surface area contributed by atoms with Crippen molar-refractivity contribution in [2.24, 2.45) is 0 Å². The second kappa shape index (κ2) is 10.3. The number of rotatable bonds is 6. The smallest absolute Gasteiger partial charge is 0.340 e. The van der Waals surface area contributed by atoms with Gasteiger partial charge in [-0.15, -0.1) is 0 Å². The normalized spacial score (nSPS) is 23.5. The first-order valence-electron chi connectivity index (χ1n) is 11.3. The predicted octanol–water partition coefficient (Wildman–Crippen LogP) is 2.42. The molecule has 0 N–H and O–H groups in total. The van der Waals surface area contributed by atoms with Crippen molar-refractivity contribution in [3.05, 3.63) is 23.8 Å². The van der Waals surface area contributed by atoms with E-state index >= 15 is 0 Å². The van der Waals surface area contributed by atoms with Gasteiger partial charge in [-0.2, -0.15) is 4.31 Å². The molecular weight excluding hydrogens is 420 g/mol. The summed E-state index contributed by atoms with van der Waals surface area (Å²) < 4.78 is 44.2. The molecule has 1 aromatic carbocycles. The molecule has 4 rings (SSSR count). The lowest BCUT2D eigenvalue weighted by Gasteiger charge is -2.31. The van der Waals surface area contributed by atoms with E-state index in [1.54, 1.807) is 12.1 Å². The summed E-state index contributed by atoms with van der Waals surface area (Å²) in [7, 11) is -3.70. The van der Waals surface area contributed by atoms with Crippen LogP contribution in [0.2, 0.25) is 0 Å². The molecule has 3 heterocycles. The number of esters is 1. The van der Waals surface area contributed by atoms with Crippen LogP contribution in [0.5, 0.6) is 0 Å². The van der Waals surface area contributed by atoms with Gasteiger partial charge in [0.15, 0.2) is 0 Å². The van der Waals surface area contributed by atoms with Crippen LogP contribution >= 0.6 is 0 Å². The Morgan fingerprint density at radius 3 is 2.48 bits per heavy atom. The number of benzene rings is 1. The van der Waals surface area contributed by atoms with E-state index in [1.165, 1.54) is 16.8 Å². The van der Waals surface area contributed by atoms with Crippen LogP contribution in [0.15, 0.2) is 23.1 Å². The molecule has 172 valence electrons. The van der Waals surface area contributed by atoms with E-state index < -0.39 is 16.0 Å². The Morgan fingerprint density at radius 2 is 1.77 bits per heavy atom. The first-order valence-corrected chi connectivity index (χ1v) is 12.8. The number of carbonyl (C=O) groups excluding carboxylic acids is 1. The van der Waals surface area contributed by atoms with Crippen molar-refractivity contribution >= 4 is 21.7 Å². The first-order chi connectivity index (χ1) is 15.1. The van der Waals surface area contributed by atoms with Crippen LogP contribution in [0.25, 0.3) is 0 Å². The van der Waals surface area contributed by atoms with Gasteiger partial charge in [0.05, 0.1) is 35.5 Å². The Kier molecular flexibility index (Phi) is 7.47. The maximum atomic E-state index is 13.1. The standard InChI is InChI=1S/C22H32N2O6S/c25-22(30-17-18-6-2-5-13-29-18)20-16-19(31(26,27)24-11-14-28-15-12-24)7-8-21(20)23-9-3-1-4-10-23/h7-8,16,18H,1-6,9-15,17H2. The third-order valence-corrected chi connectivity index (χ3v) is 8.06. The molecule has 9 heteroatoms. The van der Waals surface area contributed by atoms with Gasteiger partial charge >= 0.3 is 5.97 Å². The topological polar surface area (TPSA) is 85.4 Å². The van der Waals surface area contributed by atoms with Gasteiger partial charge in [0.25, 0.3) is 0 Å². The molecule has 0 aromatic heterocycles. The van der Waals surface area contributed by atoms with Gasteiger partial charge in [0, 0.05) is 32.8 Å². The maximum absolute atomic E-state index is 13.1. The van der Waals surface area contributed by atoms with E-state index in [0.29, 0.717) is 38.5 Å². The molecular formula is C22H32N2O6S. The summed E-state index contributed by atoms with van der Waals surface area (Å²) in [6, 6.07) is 4.85. The molecule has 0 bridgehead atoms. The van der Waals surface area contributed by atoms with Crippen LogP contribution in [0, 0.1) is 0 Å². The van der Waals surface area contributed by atoms with Crippen molar-refractivity contribution < 1.29 is 27.4 Å². The lowest BCUT2D eigenvalue weighted by molar-refractivity contribution is -0.0300. The fraction of sp³-hybridized carbons (Fsp3) is 0.682. The third-order valence-electron chi connectivity index (χ3n) is 6.17. The van der Waals surface area contributed by atoms with Gasteiger partial charge in [-0.25, -0.2) is 13.2 Å². The van der Waals surface area contributed by atoms with E-state index in [1.807, 2.05) is 0 Å². The number of anilines is 1. The highest BCUT2D eigenvalue weighted by molar-refractivity contribution is 7.89. The minimum atomic E-state index is -3.70. The SMILES string of the molecule is O=C(OCC1CCCCO1)c1cc(S(=O)(=O)N2CCOCC2)ccc1N1CCCCC1. The Hall–Kier alpha value is -1.68. The van der Waals surface area contributed by atoms with Crippen molar-refractivity contribution in [3.8, 4) is 0 Å². The summed E-state index contributed by atoms with van der Waals surface area (Å²) in [6.45, 7) is 3.96. The number of sulfonamides is 1. The minimum Gasteiger partial charge on any atom is -0.459 e. The van der Waals surface area contributed by atoms with Crippen molar-refractivity contribution in [3.63, 3.8) is 0 Å². The molecule has 8 nitrogen and oxygen atoms in total. The Morgan fingerprint density at radius 1 is 1.00 bits per heavy atom. The second-order valence-corrected chi connectivity index (χ2v) is 10.3. The van der Waals surface area contributed by atoms with Crippen LogP contribution in [0.1, 0.15) is 48.9 Å². The van der Waals surface area contributed by atoms with Crippen molar-refractivity contribution in [1.82, 2.24) is 4.31 Å². The van der Waals surface area contributed by atoms with Crippen LogP contribution in [-0.2, 0) is 24.2 Å². The number of piperidine rings is 1. The number of ether oxygens (including phenoxy) is 3. The van der Waals surface area contributed by atoms with Crippen LogP contribution in [0.3, 0.4) is 0 Å². The van der Waals surface area contributed by atoms with Gasteiger partial charge in [-0.1, -0.05) is 0 Å². The largest absolute Gasteiger partial charge is 0.459 e. The van der Waals surface area contributed by atoms with Gasteiger partial charge < -0.3 is 19.1 Å². The first kappa shape index (κ1) is 22.5. The number of hydrogen-bond acceptors (Lipinski definition) is 7. The van der Waals surface area contributed by atoms with E-state index in [4.69, 9.17) is 14.2 Å². The Labute approximate surface area is 184 Å². The summed E-state index contributed by atoms with van der Waals surface area (Å²) in [4.78, 5) is 15.3. The maximum Gasteiger partial charge on any atom is 0.340 e. The van der Waals surface area contributed by atoms with Crippen molar-refractivity contribution in [2.75, 3.05) is 57.5 Å². The summed E-state index contributed by atoms with van der Waals surface area (Å²) >= 11 is 0. The number of carbonyl (C=O) groups is 1. The lowest BCUT2D eigenvalue weighted by atomic mass is 10.1. The average Bonchev–Trinajstić information content (AvgIpc) is 2.84. The number of hydrogen-bond donors (Lipinski definition) is 0. The Balaban J connectivity index is 1.58. The van der Waals surface area contributed by atoms with Gasteiger partial charge in [-0.05, 0) is 56.7 Å². The molecule has 0 amide bonds. The zero-order chi connectivity index (χ0) is 21.7. The summed E-state index contributed by atoms with van der Waals surface area (Å²) in [5.74, 6) is -0.492. The molecule has 3 fully saturated rings. The van der Waals surface area contributed by atoms with Crippen molar-refractivity contribution in [1.29, 1.82) is 0 Å². The number of morpholine rings is 1. The van der Waals surface area contributed by atoms with Gasteiger partial charge in [0.2, 0.25) is 10.0 Å². The zero-order valence-corrected chi connectivity index (χ0v) is 18.8. The highest BCUT2D eigenvalue weighted by Gasteiger charge is 2.29. The molecule has 1 aromatic rings. The quantitative estimate of drug-likeness (QED) is 0.613. The summed E-state index contributed by atoms with van der Waals surface area (Å²) in [5, 5.41) is 0. The van der Waals surface area contributed by atoms with E-state index in [9.17, 15) is 13.2 Å². The molecule has 1 unspecified atom stereocenters. The van der Waals surface area contributed by atoms with Gasteiger partial charge in [0.1, 0.15) is 6.61 Å². The highest BCUT2D eigenvalue weighted by Crippen LogP contribution is 2.29. The molecule has 31 heavy (non-hydrogen) atoms. The molecule has 3 aliphatic rings. The van der Waals surface area contributed by atoms with E-state index in [2.05, 4.69) is 4.90 Å². The van der Waals surface area contributed by atoms with Crippen LogP contribution < -0.4 is 4.90 Å². The fourth-order valence-corrected chi connectivity index (χ4v) is 5.81. The molecule has 1 atom stereocenters. The summed E-state index contributed by atoms with van der Waals surface area (Å²) in [5.41, 5.74) is 1.06. The molecule has 3 saturated heterocycles. The molecule has 0 saturated carbocycles. The zero-order valence-electron chi connectivity index (χ0n) is 18.0. The van der Waals surface area contributed by atoms with Gasteiger partial charge in [-0.3, -0.25) is 0 Å². The molecule has 3 aliphatic heterocycles. The molecule has 0 spiro atoms. The molecule has 0 aliphatic carbocycles. The molecule has 0 radical (unpaired) electrons. The Bertz CT molecular complexity index is 857. The van der Waals surface area contributed by atoms with Crippen LogP contribution in [0.4, 0.5) is 5.69 Å². The monoisotopic (exact) mass is 452 g/mol.